The zero-order chi connectivity index (χ0) is 12.3. The van der Waals surface area contributed by atoms with E-state index in [2.05, 4.69) is 33.2 Å². The third-order valence-electron chi connectivity index (χ3n) is 3.36. The predicted octanol–water partition coefficient (Wildman–Crippen LogP) is 3.19. The highest BCUT2D eigenvalue weighted by Crippen LogP contribution is 2.19. The van der Waals surface area contributed by atoms with Crippen molar-refractivity contribution in [1.82, 2.24) is 10.2 Å². The van der Waals surface area contributed by atoms with Crippen LogP contribution in [0.25, 0.3) is 0 Å². The highest BCUT2D eigenvalue weighted by molar-refractivity contribution is 9.10. The molecule has 1 fully saturated rings. The molecule has 1 aromatic carbocycles. The minimum absolute atomic E-state index is 0. The second-order valence-corrected chi connectivity index (χ2v) is 5.55. The van der Waals surface area contributed by atoms with E-state index in [0.717, 1.165) is 36.0 Å². The van der Waals surface area contributed by atoms with Crippen LogP contribution in [0.5, 0.6) is 0 Å². The second kappa shape index (κ2) is 7.43. The molecular formula is C13H19BrClFN2. The van der Waals surface area contributed by atoms with Gasteiger partial charge >= 0.3 is 0 Å². The molecule has 0 radical (unpaired) electrons. The Kier molecular flexibility index (Phi) is 6.57. The van der Waals surface area contributed by atoms with Gasteiger partial charge in [0.05, 0.1) is 0 Å². The molecule has 1 aliphatic heterocycles. The number of hydrogen-bond acceptors (Lipinski definition) is 2. The van der Waals surface area contributed by atoms with Gasteiger partial charge in [0.2, 0.25) is 0 Å². The first-order valence-electron chi connectivity index (χ1n) is 6.01. The van der Waals surface area contributed by atoms with Crippen LogP contribution in [0.3, 0.4) is 0 Å². The fourth-order valence-electron chi connectivity index (χ4n) is 2.31. The van der Waals surface area contributed by atoms with E-state index >= 15 is 0 Å². The van der Waals surface area contributed by atoms with Crippen LogP contribution in [-0.2, 0) is 6.54 Å². The smallest absolute Gasteiger partial charge is 0.127 e. The van der Waals surface area contributed by atoms with E-state index in [9.17, 15) is 4.39 Å². The summed E-state index contributed by atoms with van der Waals surface area (Å²) in [5, 5.41) is 3.35. The lowest BCUT2D eigenvalue weighted by Gasteiger charge is -2.31. The van der Waals surface area contributed by atoms with Crippen molar-refractivity contribution in [3.63, 3.8) is 0 Å². The first-order chi connectivity index (χ1) is 8.16. The van der Waals surface area contributed by atoms with Crippen molar-refractivity contribution in [3.05, 3.63) is 34.1 Å². The van der Waals surface area contributed by atoms with Crippen molar-refractivity contribution in [2.45, 2.75) is 25.4 Å². The van der Waals surface area contributed by atoms with Crippen LogP contribution in [-0.4, -0.2) is 31.1 Å². The van der Waals surface area contributed by atoms with Crippen LogP contribution < -0.4 is 5.32 Å². The average molecular weight is 338 g/mol. The molecule has 18 heavy (non-hydrogen) atoms. The van der Waals surface area contributed by atoms with Gasteiger partial charge in [-0.15, -0.1) is 12.4 Å². The molecule has 1 aromatic rings. The van der Waals surface area contributed by atoms with Crippen molar-refractivity contribution in [3.8, 4) is 0 Å². The summed E-state index contributed by atoms with van der Waals surface area (Å²) in [7, 11) is 2.08. The summed E-state index contributed by atoms with van der Waals surface area (Å²) in [6, 6.07) is 5.70. The monoisotopic (exact) mass is 336 g/mol. The lowest BCUT2D eigenvalue weighted by atomic mass is 10.0. The van der Waals surface area contributed by atoms with Crippen LogP contribution in [0.15, 0.2) is 22.7 Å². The standard InChI is InChI=1S/C13H18BrFN2.ClH/c1-17(12-4-6-16-7-5-12)9-10-8-11(14)2-3-13(10)15;/h2-3,8,12,16H,4-7,9H2,1H3;1H. The van der Waals surface area contributed by atoms with E-state index in [0.29, 0.717) is 12.6 Å². The Morgan fingerprint density at radius 1 is 1.39 bits per heavy atom. The van der Waals surface area contributed by atoms with E-state index in [-0.39, 0.29) is 18.2 Å². The van der Waals surface area contributed by atoms with Gasteiger partial charge < -0.3 is 5.32 Å². The zero-order valence-electron chi connectivity index (χ0n) is 10.5. The highest BCUT2D eigenvalue weighted by atomic mass is 79.9. The van der Waals surface area contributed by atoms with Gasteiger partial charge in [-0.3, -0.25) is 4.90 Å². The maximum absolute atomic E-state index is 13.6. The van der Waals surface area contributed by atoms with E-state index < -0.39 is 0 Å². The van der Waals surface area contributed by atoms with E-state index in [4.69, 9.17) is 0 Å². The van der Waals surface area contributed by atoms with Crippen molar-refractivity contribution >= 4 is 28.3 Å². The van der Waals surface area contributed by atoms with Crippen LogP contribution in [0, 0.1) is 5.82 Å². The summed E-state index contributed by atoms with van der Waals surface area (Å²) in [5.41, 5.74) is 0.764. The molecule has 0 amide bonds. The fourth-order valence-corrected chi connectivity index (χ4v) is 2.72. The van der Waals surface area contributed by atoms with Crippen molar-refractivity contribution in [2.24, 2.45) is 0 Å². The first kappa shape index (κ1) is 15.9. The number of rotatable bonds is 3. The molecule has 1 saturated heterocycles. The normalized spacial score (nSPS) is 16.7. The topological polar surface area (TPSA) is 15.3 Å². The number of hydrogen-bond donors (Lipinski definition) is 1. The molecule has 0 unspecified atom stereocenters. The summed E-state index contributed by atoms with van der Waals surface area (Å²) >= 11 is 3.39. The Hall–Kier alpha value is -0.160. The molecule has 0 saturated carbocycles. The lowest BCUT2D eigenvalue weighted by Crippen LogP contribution is -2.40. The predicted molar refractivity (Wildman–Crippen MR) is 78.7 cm³/mol. The molecule has 102 valence electrons. The number of piperidine rings is 1. The Balaban J connectivity index is 0.00000162. The molecule has 1 aliphatic rings. The highest BCUT2D eigenvalue weighted by Gasteiger charge is 2.18. The van der Waals surface area contributed by atoms with Gasteiger partial charge in [-0.2, -0.15) is 0 Å². The number of halogens is 3. The molecule has 2 nitrogen and oxygen atoms in total. The fraction of sp³-hybridized carbons (Fsp3) is 0.538. The Labute approximate surface area is 122 Å². The van der Waals surface area contributed by atoms with Crippen molar-refractivity contribution in [1.29, 1.82) is 0 Å². The molecule has 1 N–H and O–H groups in total. The number of nitrogens with zero attached hydrogens (tertiary/aromatic N) is 1. The number of benzene rings is 1. The summed E-state index contributed by atoms with van der Waals surface area (Å²) < 4.78 is 14.6. The van der Waals surface area contributed by atoms with E-state index in [1.807, 2.05) is 6.07 Å². The SMILES string of the molecule is CN(Cc1cc(Br)ccc1F)C1CCNCC1.Cl. The van der Waals surface area contributed by atoms with Gasteiger partial charge in [0.25, 0.3) is 0 Å². The molecule has 0 aliphatic carbocycles. The Morgan fingerprint density at radius 3 is 2.72 bits per heavy atom. The minimum Gasteiger partial charge on any atom is -0.317 e. The Morgan fingerprint density at radius 2 is 2.06 bits per heavy atom. The van der Waals surface area contributed by atoms with Gasteiger partial charge in [0, 0.05) is 22.6 Å². The maximum Gasteiger partial charge on any atom is 0.127 e. The van der Waals surface area contributed by atoms with E-state index in [1.54, 1.807) is 6.07 Å². The summed E-state index contributed by atoms with van der Waals surface area (Å²) in [4.78, 5) is 2.26. The third-order valence-corrected chi connectivity index (χ3v) is 3.85. The third kappa shape index (κ3) is 4.19. The van der Waals surface area contributed by atoms with Gasteiger partial charge in [0.1, 0.15) is 5.82 Å². The molecule has 5 heteroatoms. The van der Waals surface area contributed by atoms with Gasteiger partial charge in [-0.05, 0) is 51.2 Å². The van der Waals surface area contributed by atoms with Crippen molar-refractivity contribution < 1.29 is 4.39 Å². The maximum atomic E-state index is 13.6. The summed E-state index contributed by atoms with van der Waals surface area (Å²) in [6.07, 6.45) is 2.29. The van der Waals surface area contributed by atoms with E-state index in [1.165, 1.54) is 6.07 Å². The average Bonchev–Trinajstić information content (AvgIpc) is 2.35. The van der Waals surface area contributed by atoms with Gasteiger partial charge in [0.15, 0.2) is 0 Å². The number of nitrogens with one attached hydrogen (secondary N) is 1. The van der Waals surface area contributed by atoms with Gasteiger partial charge in [-0.1, -0.05) is 15.9 Å². The first-order valence-corrected chi connectivity index (χ1v) is 6.81. The van der Waals surface area contributed by atoms with Gasteiger partial charge in [-0.25, -0.2) is 4.39 Å². The van der Waals surface area contributed by atoms with Crippen LogP contribution >= 0.6 is 28.3 Å². The van der Waals surface area contributed by atoms with Crippen LogP contribution in [0.4, 0.5) is 4.39 Å². The molecule has 0 spiro atoms. The molecule has 1 heterocycles. The second-order valence-electron chi connectivity index (χ2n) is 4.63. The minimum atomic E-state index is -0.117. The van der Waals surface area contributed by atoms with Crippen molar-refractivity contribution in [2.75, 3.05) is 20.1 Å². The molecular weight excluding hydrogens is 319 g/mol. The molecule has 0 bridgehead atoms. The molecule has 0 aromatic heterocycles. The summed E-state index contributed by atoms with van der Waals surface area (Å²) in [5.74, 6) is -0.117. The lowest BCUT2D eigenvalue weighted by molar-refractivity contribution is 0.190. The zero-order valence-corrected chi connectivity index (χ0v) is 12.9. The largest absolute Gasteiger partial charge is 0.317 e. The van der Waals surface area contributed by atoms with Crippen LogP contribution in [0.2, 0.25) is 0 Å². The molecule has 2 rings (SSSR count). The van der Waals surface area contributed by atoms with Crippen LogP contribution in [0.1, 0.15) is 18.4 Å². The molecule has 0 atom stereocenters. The quantitative estimate of drug-likeness (QED) is 0.911. The summed E-state index contributed by atoms with van der Waals surface area (Å²) in [6.45, 7) is 2.81. The Bertz CT molecular complexity index is 383.